The number of ether oxygens (including phenoxy) is 1. The number of aliphatic hydroxyl groups excluding tert-OH is 1. The van der Waals surface area contributed by atoms with E-state index in [1.165, 1.54) is 26.8 Å². The van der Waals surface area contributed by atoms with E-state index in [4.69, 9.17) is 9.84 Å². The van der Waals surface area contributed by atoms with Crippen LogP contribution in [0.5, 0.6) is 5.75 Å². The van der Waals surface area contributed by atoms with Gasteiger partial charge in [-0.2, -0.15) is 0 Å². The van der Waals surface area contributed by atoms with Gasteiger partial charge >= 0.3 is 5.97 Å². The van der Waals surface area contributed by atoms with Crippen LogP contribution in [0.4, 0.5) is 0 Å². The van der Waals surface area contributed by atoms with Crippen molar-refractivity contribution in [3.8, 4) is 16.9 Å². The van der Waals surface area contributed by atoms with Crippen LogP contribution in [-0.2, 0) is 11.4 Å². The molecule has 0 spiro atoms. The van der Waals surface area contributed by atoms with Crippen LogP contribution in [0.2, 0.25) is 0 Å². The average Bonchev–Trinajstić information content (AvgIpc) is 3.23. The van der Waals surface area contributed by atoms with Crippen molar-refractivity contribution in [2.75, 3.05) is 0 Å². The van der Waals surface area contributed by atoms with Gasteiger partial charge in [-0.1, -0.05) is 42.5 Å². The molecule has 0 amide bonds. The van der Waals surface area contributed by atoms with E-state index in [1.54, 1.807) is 11.3 Å². The first-order valence-electron chi connectivity index (χ1n) is 11.2. The molecule has 0 radical (unpaired) electrons. The molecule has 0 bridgehead atoms. The Bertz CT molecular complexity index is 1290. The molecular formula is C28H26O4S. The molecule has 0 saturated heterocycles. The number of hydrogen-bond acceptors (Lipinski definition) is 4. The van der Waals surface area contributed by atoms with E-state index in [2.05, 4.69) is 54.8 Å². The van der Waals surface area contributed by atoms with Crippen molar-refractivity contribution in [1.82, 2.24) is 0 Å². The third-order valence-electron chi connectivity index (χ3n) is 6.70. The van der Waals surface area contributed by atoms with Gasteiger partial charge in [-0.3, -0.25) is 4.79 Å². The predicted molar refractivity (Wildman–Crippen MR) is 132 cm³/mol. The van der Waals surface area contributed by atoms with Gasteiger partial charge in [0, 0.05) is 21.6 Å². The molecule has 5 heteroatoms. The van der Waals surface area contributed by atoms with E-state index in [1.807, 2.05) is 24.3 Å². The first-order valence-corrected chi connectivity index (χ1v) is 12.1. The summed E-state index contributed by atoms with van der Waals surface area (Å²) < 4.78 is 7.31. The normalized spacial score (nSPS) is 19.9. The second kappa shape index (κ2) is 9.00. The zero-order valence-electron chi connectivity index (χ0n) is 18.4. The molecule has 4 nitrogen and oxygen atoms in total. The number of thiophene rings is 1. The Balaban J connectivity index is 1.29. The summed E-state index contributed by atoms with van der Waals surface area (Å²) in [6, 6.07) is 22.8. The topological polar surface area (TPSA) is 66.8 Å². The van der Waals surface area contributed by atoms with Crippen LogP contribution in [-0.4, -0.2) is 22.3 Å². The summed E-state index contributed by atoms with van der Waals surface area (Å²) in [5, 5.41) is 22.5. The van der Waals surface area contributed by atoms with Gasteiger partial charge in [0.1, 0.15) is 12.4 Å². The quantitative estimate of drug-likeness (QED) is 0.336. The van der Waals surface area contributed by atoms with Crippen LogP contribution >= 0.6 is 11.3 Å². The van der Waals surface area contributed by atoms with E-state index < -0.39 is 12.1 Å². The lowest BCUT2D eigenvalue weighted by molar-refractivity contribution is -0.141. The van der Waals surface area contributed by atoms with Crippen molar-refractivity contribution in [2.45, 2.75) is 38.4 Å². The van der Waals surface area contributed by atoms with E-state index in [0.717, 1.165) is 16.9 Å². The molecule has 3 atom stereocenters. The highest BCUT2D eigenvalue weighted by Gasteiger charge is 2.41. The third kappa shape index (κ3) is 4.39. The van der Waals surface area contributed by atoms with Gasteiger partial charge < -0.3 is 14.9 Å². The summed E-state index contributed by atoms with van der Waals surface area (Å²) in [7, 11) is 0. The molecule has 2 N–H and O–H groups in total. The fourth-order valence-electron chi connectivity index (χ4n) is 4.77. The molecule has 1 saturated carbocycles. The van der Waals surface area contributed by atoms with Crippen LogP contribution in [0.15, 0.2) is 72.1 Å². The third-order valence-corrected chi connectivity index (χ3v) is 7.67. The van der Waals surface area contributed by atoms with E-state index in [9.17, 15) is 9.90 Å². The Kier molecular flexibility index (Phi) is 5.92. The average molecular weight is 459 g/mol. The van der Waals surface area contributed by atoms with Crippen LogP contribution in [0.1, 0.15) is 35.4 Å². The van der Waals surface area contributed by atoms with Crippen molar-refractivity contribution in [3.05, 3.63) is 88.8 Å². The molecule has 4 aromatic rings. The van der Waals surface area contributed by atoms with Crippen molar-refractivity contribution < 1.29 is 19.7 Å². The predicted octanol–water partition coefficient (Wildman–Crippen LogP) is 6.39. The van der Waals surface area contributed by atoms with Crippen molar-refractivity contribution >= 4 is 27.4 Å². The summed E-state index contributed by atoms with van der Waals surface area (Å²) in [4.78, 5) is 11.1. The van der Waals surface area contributed by atoms with Gasteiger partial charge in [-0.15, -0.1) is 11.3 Å². The van der Waals surface area contributed by atoms with Gasteiger partial charge in [0.25, 0.3) is 0 Å². The Morgan fingerprint density at radius 3 is 2.58 bits per heavy atom. The zero-order chi connectivity index (χ0) is 22.9. The maximum Gasteiger partial charge on any atom is 0.303 e. The van der Waals surface area contributed by atoms with E-state index >= 15 is 0 Å². The highest BCUT2D eigenvalue weighted by molar-refractivity contribution is 7.17. The number of carbonyl (C=O) groups is 1. The first kappa shape index (κ1) is 21.7. The molecule has 1 aromatic heterocycles. The fourth-order valence-corrected chi connectivity index (χ4v) is 5.71. The Morgan fingerprint density at radius 2 is 1.85 bits per heavy atom. The number of fused-ring (bicyclic) bond motifs is 1. The van der Waals surface area contributed by atoms with Gasteiger partial charge in [0.15, 0.2) is 0 Å². The van der Waals surface area contributed by atoms with Gasteiger partial charge in [0.05, 0.1) is 12.5 Å². The van der Waals surface area contributed by atoms with Gasteiger partial charge in [-0.05, 0) is 71.2 Å². The minimum atomic E-state index is -0.864. The lowest BCUT2D eigenvalue weighted by Crippen LogP contribution is -2.40. The van der Waals surface area contributed by atoms with Gasteiger partial charge in [-0.25, -0.2) is 0 Å². The van der Waals surface area contributed by atoms with Crippen molar-refractivity contribution in [1.29, 1.82) is 0 Å². The van der Waals surface area contributed by atoms with Crippen molar-refractivity contribution in [2.24, 2.45) is 5.92 Å². The molecule has 1 fully saturated rings. The van der Waals surface area contributed by atoms with E-state index in [-0.39, 0.29) is 18.3 Å². The fraction of sp³-hybridized carbons (Fsp3) is 0.250. The van der Waals surface area contributed by atoms with E-state index in [0.29, 0.717) is 13.0 Å². The van der Waals surface area contributed by atoms with Crippen molar-refractivity contribution in [3.63, 3.8) is 0 Å². The Hall–Kier alpha value is -3.15. The largest absolute Gasteiger partial charge is 0.489 e. The van der Waals surface area contributed by atoms with Crippen LogP contribution in [0.3, 0.4) is 0 Å². The molecule has 3 unspecified atom stereocenters. The second-order valence-corrected chi connectivity index (χ2v) is 9.74. The number of aliphatic carboxylic acids is 1. The van der Waals surface area contributed by atoms with Crippen LogP contribution < -0.4 is 4.74 Å². The number of carboxylic acids is 1. The number of aliphatic hydroxyl groups is 1. The zero-order valence-corrected chi connectivity index (χ0v) is 19.2. The smallest absolute Gasteiger partial charge is 0.303 e. The molecule has 1 aliphatic rings. The molecule has 1 heterocycles. The number of aryl methyl sites for hydroxylation is 1. The Morgan fingerprint density at radius 1 is 1.06 bits per heavy atom. The standard InChI is InChI=1S/C28H26O4S/c1-17-4-2-3-5-21(17)25-16-33-27-11-6-18(12-24(25)27)15-32-20-9-7-19(8-10-20)22-13-26(29)23(22)14-28(30)31/h2-12,16,22-23,26,29H,13-15H2,1H3,(H,30,31). The van der Waals surface area contributed by atoms with Crippen LogP contribution in [0, 0.1) is 12.8 Å². The highest BCUT2D eigenvalue weighted by Crippen LogP contribution is 2.45. The molecule has 0 aliphatic heterocycles. The SMILES string of the molecule is Cc1ccccc1-c1csc2ccc(COc3ccc(C4CC(O)C4CC(=O)O)cc3)cc12. The van der Waals surface area contributed by atoms with Gasteiger partial charge in [0.2, 0.25) is 0 Å². The lowest BCUT2D eigenvalue weighted by Gasteiger charge is -2.41. The Labute approximate surface area is 197 Å². The number of hydrogen-bond donors (Lipinski definition) is 2. The maximum atomic E-state index is 11.1. The summed E-state index contributed by atoms with van der Waals surface area (Å²) in [5.74, 6) is -0.213. The number of carboxylic acid groups (broad SMARTS) is 1. The summed E-state index contributed by atoms with van der Waals surface area (Å²) in [5.41, 5.74) is 5.96. The second-order valence-electron chi connectivity index (χ2n) is 8.82. The molecule has 5 rings (SSSR count). The summed E-state index contributed by atoms with van der Waals surface area (Å²) >= 11 is 1.76. The number of rotatable bonds is 7. The minimum Gasteiger partial charge on any atom is -0.489 e. The molecule has 168 valence electrons. The first-order chi connectivity index (χ1) is 16.0. The van der Waals surface area contributed by atoms with Crippen LogP contribution in [0.25, 0.3) is 21.2 Å². The summed E-state index contributed by atoms with van der Waals surface area (Å²) in [6.45, 7) is 2.62. The monoisotopic (exact) mass is 458 g/mol. The maximum absolute atomic E-state index is 11.1. The minimum absolute atomic E-state index is 0.000358. The summed E-state index contributed by atoms with van der Waals surface area (Å²) in [6.07, 6.45) is 0.0837. The molecule has 3 aromatic carbocycles. The molecular weight excluding hydrogens is 432 g/mol. The molecule has 1 aliphatic carbocycles. The molecule has 33 heavy (non-hydrogen) atoms. The number of benzene rings is 3. The highest BCUT2D eigenvalue weighted by atomic mass is 32.1. The lowest BCUT2D eigenvalue weighted by atomic mass is 9.66.